The van der Waals surface area contributed by atoms with Gasteiger partial charge in [-0.1, -0.05) is 81.4 Å². The highest BCUT2D eigenvalue weighted by Gasteiger charge is 2.57. The SMILES string of the molecule is CC1(C)NC(C(O)(CCc2ccccc2)C(C)(C)C)C(=O)N1Cc1ccccc1. The maximum Gasteiger partial charge on any atom is 0.244 e. The van der Waals surface area contributed by atoms with Gasteiger partial charge in [0.1, 0.15) is 6.04 Å². The van der Waals surface area contributed by atoms with E-state index in [4.69, 9.17) is 0 Å². The van der Waals surface area contributed by atoms with Gasteiger partial charge in [-0.3, -0.25) is 10.1 Å². The third-order valence-corrected chi connectivity index (χ3v) is 6.28. The lowest BCUT2D eigenvalue weighted by Gasteiger charge is -2.44. The number of hydrogen-bond acceptors (Lipinski definition) is 3. The van der Waals surface area contributed by atoms with Gasteiger partial charge in [0, 0.05) is 6.54 Å². The summed E-state index contributed by atoms with van der Waals surface area (Å²) < 4.78 is 0. The van der Waals surface area contributed by atoms with Crippen molar-refractivity contribution in [1.82, 2.24) is 10.2 Å². The van der Waals surface area contributed by atoms with Crippen LogP contribution in [-0.4, -0.2) is 33.2 Å². The number of nitrogens with zero attached hydrogens (tertiary/aromatic N) is 1. The molecule has 2 aromatic rings. The number of aliphatic hydroxyl groups is 1. The second-order valence-corrected chi connectivity index (χ2v) is 9.71. The minimum absolute atomic E-state index is 0.0376. The number of nitrogens with one attached hydrogen (secondary N) is 1. The summed E-state index contributed by atoms with van der Waals surface area (Å²) in [6.45, 7) is 10.6. The molecule has 1 heterocycles. The summed E-state index contributed by atoms with van der Waals surface area (Å²) in [5.74, 6) is -0.0376. The molecule has 1 fully saturated rings. The first-order valence-corrected chi connectivity index (χ1v) is 10.4. The van der Waals surface area contributed by atoms with Gasteiger partial charge in [0.2, 0.25) is 5.91 Å². The highest BCUT2D eigenvalue weighted by Crippen LogP contribution is 2.41. The smallest absolute Gasteiger partial charge is 0.244 e. The lowest BCUT2D eigenvalue weighted by Crippen LogP contribution is -2.60. The number of benzene rings is 2. The summed E-state index contributed by atoms with van der Waals surface area (Å²) in [6.07, 6.45) is 1.23. The molecule has 1 aliphatic heterocycles. The summed E-state index contributed by atoms with van der Waals surface area (Å²) in [5.41, 5.74) is 0.0705. The van der Waals surface area contributed by atoms with Gasteiger partial charge < -0.3 is 10.0 Å². The van der Waals surface area contributed by atoms with Crippen LogP contribution in [0.25, 0.3) is 0 Å². The van der Waals surface area contributed by atoms with Crippen LogP contribution in [0.1, 0.15) is 52.2 Å². The van der Waals surface area contributed by atoms with E-state index in [1.807, 2.05) is 88.0 Å². The number of hydrogen-bond donors (Lipinski definition) is 2. The molecule has 0 aromatic heterocycles. The van der Waals surface area contributed by atoms with Crippen LogP contribution in [0, 0.1) is 5.41 Å². The summed E-state index contributed by atoms with van der Waals surface area (Å²) in [4.78, 5) is 15.4. The van der Waals surface area contributed by atoms with Gasteiger partial charge in [-0.15, -0.1) is 0 Å². The topological polar surface area (TPSA) is 52.6 Å². The molecule has 29 heavy (non-hydrogen) atoms. The largest absolute Gasteiger partial charge is 0.387 e. The van der Waals surface area contributed by atoms with Crippen LogP contribution >= 0.6 is 0 Å². The number of rotatable bonds is 6. The minimum atomic E-state index is -1.18. The van der Waals surface area contributed by atoms with Crippen LogP contribution in [-0.2, 0) is 17.8 Å². The van der Waals surface area contributed by atoms with Crippen molar-refractivity contribution in [3.8, 4) is 0 Å². The molecule has 2 N–H and O–H groups in total. The Kier molecular flexibility index (Phi) is 5.88. The predicted octanol–water partition coefficient (Wildman–Crippen LogP) is 4.13. The molecular weight excluding hydrogens is 360 g/mol. The Morgan fingerprint density at radius 3 is 2.00 bits per heavy atom. The first-order chi connectivity index (χ1) is 13.5. The molecular formula is C25H34N2O2. The van der Waals surface area contributed by atoms with Gasteiger partial charge in [-0.2, -0.15) is 0 Å². The summed E-state index contributed by atoms with van der Waals surface area (Å²) >= 11 is 0. The Hall–Kier alpha value is -2.17. The van der Waals surface area contributed by atoms with Crippen molar-refractivity contribution in [3.05, 3.63) is 71.8 Å². The molecule has 0 radical (unpaired) electrons. The van der Waals surface area contributed by atoms with Crippen molar-refractivity contribution >= 4 is 5.91 Å². The van der Waals surface area contributed by atoms with Gasteiger partial charge in [0.15, 0.2) is 0 Å². The number of carbonyl (C=O) groups is 1. The Morgan fingerprint density at radius 1 is 0.966 bits per heavy atom. The second-order valence-electron chi connectivity index (χ2n) is 9.71. The molecule has 2 atom stereocenters. The van der Waals surface area contributed by atoms with E-state index in [0.717, 1.165) is 12.0 Å². The average molecular weight is 395 g/mol. The van der Waals surface area contributed by atoms with Gasteiger partial charge in [0.25, 0.3) is 0 Å². The molecule has 4 heteroatoms. The van der Waals surface area contributed by atoms with Crippen LogP contribution in [0.15, 0.2) is 60.7 Å². The molecule has 1 amide bonds. The molecule has 156 valence electrons. The molecule has 2 aromatic carbocycles. The molecule has 0 aliphatic carbocycles. The van der Waals surface area contributed by atoms with E-state index in [1.165, 1.54) is 5.56 Å². The van der Waals surface area contributed by atoms with Crippen molar-refractivity contribution in [3.63, 3.8) is 0 Å². The lowest BCUT2D eigenvalue weighted by molar-refractivity contribution is -0.144. The molecule has 0 bridgehead atoms. The quantitative estimate of drug-likeness (QED) is 0.774. The highest BCUT2D eigenvalue weighted by molar-refractivity contribution is 5.86. The summed E-state index contributed by atoms with van der Waals surface area (Å²) in [6, 6.07) is 19.5. The van der Waals surface area contributed by atoms with E-state index in [9.17, 15) is 9.90 Å². The molecule has 1 aliphatic rings. The third kappa shape index (κ3) is 4.39. The molecule has 0 saturated carbocycles. The summed E-state index contributed by atoms with van der Waals surface area (Å²) in [7, 11) is 0. The fraction of sp³-hybridized carbons (Fsp3) is 0.480. The predicted molar refractivity (Wildman–Crippen MR) is 117 cm³/mol. The van der Waals surface area contributed by atoms with E-state index in [2.05, 4.69) is 17.4 Å². The number of carbonyl (C=O) groups excluding carboxylic acids is 1. The van der Waals surface area contributed by atoms with Crippen molar-refractivity contribution in [2.24, 2.45) is 5.41 Å². The molecule has 1 saturated heterocycles. The van der Waals surface area contributed by atoms with Crippen LogP contribution < -0.4 is 5.32 Å². The van der Waals surface area contributed by atoms with E-state index in [-0.39, 0.29) is 5.91 Å². The van der Waals surface area contributed by atoms with Gasteiger partial charge in [-0.25, -0.2) is 0 Å². The Bertz CT molecular complexity index is 827. The monoisotopic (exact) mass is 394 g/mol. The number of amides is 1. The lowest BCUT2D eigenvalue weighted by atomic mass is 9.69. The molecule has 4 nitrogen and oxygen atoms in total. The molecule has 3 rings (SSSR count). The zero-order valence-electron chi connectivity index (χ0n) is 18.3. The minimum Gasteiger partial charge on any atom is -0.387 e. The first kappa shape index (κ1) is 21.5. The molecule has 0 spiro atoms. The van der Waals surface area contributed by atoms with E-state index in [1.54, 1.807) is 0 Å². The zero-order chi connectivity index (χ0) is 21.3. The van der Waals surface area contributed by atoms with Crippen LogP contribution in [0.2, 0.25) is 0 Å². The Balaban J connectivity index is 1.87. The van der Waals surface area contributed by atoms with Crippen molar-refractivity contribution in [2.45, 2.75) is 71.3 Å². The first-order valence-electron chi connectivity index (χ1n) is 10.4. The fourth-order valence-corrected chi connectivity index (χ4v) is 4.22. The fourth-order valence-electron chi connectivity index (χ4n) is 4.22. The Morgan fingerprint density at radius 2 is 1.48 bits per heavy atom. The normalized spacial score (nSPS) is 21.2. The average Bonchev–Trinajstić information content (AvgIpc) is 2.91. The maximum absolute atomic E-state index is 13.5. The van der Waals surface area contributed by atoms with E-state index in [0.29, 0.717) is 13.0 Å². The van der Waals surface area contributed by atoms with Crippen LogP contribution in [0.4, 0.5) is 0 Å². The maximum atomic E-state index is 13.5. The van der Waals surface area contributed by atoms with Gasteiger partial charge >= 0.3 is 0 Å². The standard InChI is InChI=1S/C25H34N2O2/c1-23(2,3)25(29,17-16-19-12-8-6-9-13-19)21-22(28)27(24(4,5)26-21)18-20-14-10-7-11-15-20/h6-15,21,26,29H,16-18H2,1-5H3. The van der Waals surface area contributed by atoms with Crippen molar-refractivity contribution in [1.29, 1.82) is 0 Å². The van der Waals surface area contributed by atoms with Gasteiger partial charge in [0.05, 0.1) is 11.3 Å². The zero-order valence-corrected chi connectivity index (χ0v) is 18.3. The van der Waals surface area contributed by atoms with Crippen molar-refractivity contribution in [2.75, 3.05) is 0 Å². The van der Waals surface area contributed by atoms with Crippen molar-refractivity contribution < 1.29 is 9.90 Å². The second kappa shape index (κ2) is 7.92. The highest BCUT2D eigenvalue weighted by atomic mass is 16.3. The van der Waals surface area contributed by atoms with Gasteiger partial charge in [-0.05, 0) is 43.2 Å². The summed E-state index contributed by atoms with van der Waals surface area (Å²) in [5, 5.41) is 15.3. The Labute approximate surface area is 174 Å². The number of aryl methyl sites for hydroxylation is 1. The van der Waals surface area contributed by atoms with E-state index < -0.39 is 22.7 Å². The van der Waals surface area contributed by atoms with Crippen LogP contribution in [0.3, 0.4) is 0 Å². The third-order valence-electron chi connectivity index (χ3n) is 6.28. The molecule has 2 unspecified atom stereocenters. The van der Waals surface area contributed by atoms with Crippen LogP contribution in [0.5, 0.6) is 0 Å². The van der Waals surface area contributed by atoms with E-state index >= 15 is 0 Å².